The normalized spacial score (nSPS) is 27.3. The molecule has 1 aliphatic carbocycles. The molecule has 0 N–H and O–H groups in total. The Labute approximate surface area is 103 Å². The van der Waals surface area contributed by atoms with E-state index < -0.39 is 0 Å². The quantitative estimate of drug-likeness (QED) is 0.698. The Morgan fingerprint density at radius 1 is 1.12 bits per heavy atom. The van der Waals surface area contributed by atoms with Gasteiger partial charge in [-0.15, -0.1) is 11.6 Å². The van der Waals surface area contributed by atoms with Crippen molar-refractivity contribution in [3.63, 3.8) is 0 Å². The van der Waals surface area contributed by atoms with Gasteiger partial charge in [0.15, 0.2) is 0 Å². The van der Waals surface area contributed by atoms with Gasteiger partial charge < -0.3 is 4.90 Å². The molecule has 2 fully saturated rings. The Morgan fingerprint density at radius 2 is 1.88 bits per heavy atom. The number of hydrogen-bond donors (Lipinski definition) is 0. The SMILES string of the molecule is O=C(CCCl)N1CCCC1C1CCCCC1. The maximum Gasteiger partial charge on any atom is 0.224 e. The number of hydrogen-bond acceptors (Lipinski definition) is 1. The number of carbonyl (C=O) groups excluding carboxylic acids is 1. The zero-order chi connectivity index (χ0) is 11.4. The molecule has 1 amide bonds. The third-order valence-electron chi connectivity index (χ3n) is 4.12. The Morgan fingerprint density at radius 3 is 2.56 bits per heavy atom. The number of amides is 1. The number of rotatable bonds is 3. The summed E-state index contributed by atoms with van der Waals surface area (Å²) >= 11 is 5.66. The summed E-state index contributed by atoms with van der Waals surface area (Å²) in [4.78, 5) is 14.1. The minimum absolute atomic E-state index is 0.281. The van der Waals surface area contributed by atoms with Gasteiger partial charge in [-0.1, -0.05) is 19.3 Å². The molecule has 0 aromatic rings. The first-order chi connectivity index (χ1) is 7.83. The van der Waals surface area contributed by atoms with Gasteiger partial charge in [0, 0.05) is 24.9 Å². The molecule has 0 radical (unpaired) electrons. The third kappa shape index (κ3) is 2.71. The Kier molecular flexibility index (Phi) is 4.51. The van der Waals surface area contributed by atoms with Crippen LogP contribution in [0, 0.1) is 5.92 Å². The molecule has 3 heteroatoms. The van der Waals surface area contributed by atoms with Gasteiger partial charge in [-0.2, -0.15) is 0 Å². The fourth-order valence-electron chi connectivity index (χ4n) is 3.34. The molecule has 2 rings (SSSR count). The number of likely N-dealkylation sites (tertiary alicyclic amines) is 1. The van der Waals surface area contributed by atoms with Gasteiger partial charge in [-0.05, 0) is 31.6 Å². The van der Waals surface area contributed by atoms with Crippen molar-refractivity contribution in [2.45, 2.75) is 57.4 Å². The molecule has 0 spiro atoms. The van der Waals surface area contributed by atoms with E-state index in [0.29, 0.717) is 18.3 Å². The molecular formula is C13H22ClNO. The molecule has 2 aliphatic rings. The van der Waals surface area contributed by atoms with Crippen molar-refractivity contribution in [1.82, 2.24) is 4.90 Å². The second-order valence-corrected chi connectivity index (χ2v) is 5.51. The van der Waals surface area contributed by atoms with E-state index in [1.165, 1.54) is 44.9 Å². The first kappa shape index (κ1) is 12.2. The van der Waals surface area contributed by atoms with E-state index in [0.717, 1.165) is 12.5 Å². The van der Waals surface area contributed by atoms with Crippen LogP contribution >= 0.6 is 11.6 Å². The molecular weight excluding hydrogens is 222 g/mol. The van der Waals surface area contributed by atoms with Crippen LogP contribution in [0.5, 0.6) is 0 Å². The molecule has 1 atom stereocenters. The van der Waals surface area contributed by atoms with Crippen LogP contribution in [0.2, 0.25) is 0 Å². The lowest BCUT2D eigenvalue weighted by molar-refractivity contribution is -0.132. The van der Waals surface area contributed by atoms with Crippen LogP contribution in [0.15, 0.2) is 0 Å². The number of nitrogens with zero attached hydrogens (tertiary/aromatic N) is 1. The zero-order valence-corrected chi connectivity index (χ0v) is 10.7. The molecule has 0 aromatic carbocycles. The minimum atomic E-state index is 0.281. The summed E-state index contributed by atoms with van der Waals surface area (Å²) in [7, 11) is 0. The fraction of sp³-hybridized carbons (Fsp3) is 0.923. The topological polar surface area (TPSA) is 20.3 Å². The highest BCUT2D eigenvalue weighted by Crippen LogP contribution is 2.34. The van der Waals surface area contributed by atoms with Crippen LogP contribution in [-0.2, 0) is 4.79 Å². The summed E-state index contributed by atoms with van der Waals surface area (Å²) in [6.45, 7) is 0.969. The van der Waals surface area contributed by atoms with Crippen molar-refractivity contribution in [2.75, 3.05) is 12.4 Å². The average Bonchev–Trinajstić information content (AvgIpc) is 2.79. The van der Waals surface area contributed by atoms with E-state index >= 15 is 0 Å². The smallest absolute Gasteiger partial charge is 0.224 e. The summed E-state index contributed by atoms with van der Waals surface area (Å²) in [6, 6.07) is 0.538. The third-order valence-corrected chi connectivity index (χ3v) is 4.31. The summed E-state index contributed by atoms with van der Waals surface area (Å²) in [5, 5.41) is 0. The predicted octanol–water partition coefficient (Wildman–Crippen LogP) is 3.19. The molecule has 1 unspecified atom stereocenters. The van der Waals surface area contributed by atoms with Crippen LogP contribution in [0.25, 0.3) is 0 Å². The number of carbonyl (C=O) groups is 1. The largest absolute Gasteiger partial charge is 0.339 e. The second kappa shape index (κ2) is 5.90. The molecule has 2 nitrogen and oxygen atoms in total. The van der Waals surface area contributed by atoms with Gasteiger partial charge in [0.05, 0.1) is 0 Å². The fourth-order valence-corrected chi connectivity index (χ4v) is 3.50. The summed E-state index contributed by atoms with van der Waals surface area (Å²) < 4.78 is 0. The first-order valence-corrected chi connectivity index (χ1v) is 7.22. The standard InChI is InChI=1S/C13H22ClNO/c14-9-8-13(16)15-10-4-7-12(15)11-5-2-1-3-6-11/h11-12H,1-10H2. The number of halogens is 1. The highest BCUT2D eigenvalue weighted by molar-refractivity contribution is 6.18. The maximum atomic E-state index is 11.9. The molecule has 16 heavy (non-hydrogen) atoms. The van der Waals surface area contributed by atoms with Crippen LogP contribution in [0.3, 0.4) is 0 Å². The van der Waals surface area contributed by atoms with Gasteiger partial charge in [-0.25, -0.2) is 0 Å². The monoisotopic (exact) mass is 243 g/mol. The lowest BCUT2D eigenvalue weighted by Crippen LogP contribution is -2.40. The van der Waals surface area contributed by atoms with Gasteiger partial charge in [0.1, 0.15) is 0 Å². The molecule has 92 valence electrons. The van der Waals surface area contributed by atoms with Crippen LogP contribution in [0.1, 0.15) is 51.4 Å². The molecule has 1 aliphatic heterocycles. The number of alkyl halides is 1. The average molecular weight is 244 g/mol. The minimum Gasteiger partial charge on any atom is -0.339 e. The first-order valence-electron chi connectivity index (χ1n) is 6.68. The summed E-state index contributed by atoms with van der Waals surface area (Å²) in [5.74, 6) is 1.52. The van der Waals surface area contributed by atoms with Crippen molar-refractivity contribution in [1.29, 1.82) is 0 Å². The van der Waals surface area contributed by atoms with E-state index in [1.807, 2.05) is 0 Å². The molecule has 1 saturated heterocycles. The Balaban J connectivity index is 1.93. The van der Waals surface area contributed by atoms with Gasteiger partial charge in [0.2, 0.25) is 5.91 Å². The van der Waals surface area contributed by atoms with Crippen LogP contribution < -0.4 is 0 Å². The van der Waals surface area contributed by atoms with E-state index in [9.17, 15) is 4.79 Å². The highest BCUT2D eigenvalue weighted by Gasteiger charge is 2.34. The lowest BCUT2D eigenvalue weighted by atomic mass is 9.83. The Bertz CT molecular complexity index is 238. The van der Waals surface area contributed by atoms with Gasteiger partial charge in [0.25, 0.3) is 0 Å². The van der Waals surface area contributed by atoms with Gasteiger partial charge >= 0.3 is 0 Å². The van der Waals surface area contributed by atoms with E-state index in [2.05, 4.69) is 4.90 Å². The van der Waals surface area contributed by atoms with Crippen molar-refractivity contribution in [3.05, 3.63) is 0 Å². The van der Waals surface area contributed by atoms with Crippen molar-refractivity contribution >= 4 is 17.5 Å². The van der Waals surface area contributed by atoms with Crippen LogP contribution in [-0.4, -0.2) is 29.3 Å². The van der Waals surface area contributed by atoms with Gasteiger partial charge in [-0.3, -0.25) is 4.79 Å². The maximum absolute atomic E-state index is 11.9. The molecule has 0 bridgehead atoms. The Hall–Kier alpha value is -0.240. The highest BCUT2D eigenvalue weighted by atomic mass is 35.5. The van der Waals surface area contributed by atoms with Crippen molar-refractivity contribution < 1.29 is 4.79 Å². The van der Waals surface area contributed by atoms with Crippen LogP contribution in [0.4, 0.5) is 0 Å². The van der Waals surface area contributed by atoms with E-state index in [1.54, 1.807) is 0 Å². The second-order valence-electron chi connectivity index (χ2n) is 5.13. The van der Waals surface area contributed by atoms with Crippen molar-refractivity contribution in [3.8, 4) is 0 Å². The zero-order valence-electron chi connectivity index (χ0n) is 9.96. The van der Waals surface area contributed by atoms with E-state index in [-0.39, 0.29) is 5.91 Å². The van der Waals surface area contributed by atoms with E-state index in [4.69, 9.17) is 11.6 Å². The lowest BCUT2D eigenvalue weighted by Gasteiger charge is -2.34. The predicted molar refractivity (Wildman–Crippen MR) is 66.6 cm³/mol. The molecule has 1 saturated carbocycles. The molecule has 0 aromatic heterocycles. The summed E-state index contributed by atoms with van der Waals surface area (Å²) in [5.41, 5.74) is 0. The molecule has 1 heterocycles. The van der Waals surface area contributed by atoms with Crippen molar-refractivity contribution in [2.24, 2.45) is 5.92 Å². The summed E-state index contributed by atoms with van der Waals surface area (Å²) in [6.07, 6.45) is 9.69.